The molecule has 0 heterocycles. The van der Waals surface area contributed by atoms with Crippen LogP contribution in [0, 0.1) is 0 Å². The third kappa shape index (κ3) is 20.7. The Hall–Kier alpha value is 0.350. The van der Waals surface area contributed by atoms with E-state index in [1.165, 1.54) is 6.92 Å². The number of hydrogen-bond donors (Lipinski definition) is 2. The first-order valence-corrected chi connectivity index (χ1v) is 7.36. The Morgan fingerprint density at radius 3 is 2.30 bits per heavy atom. The molecule has 1 atom stereocenters. The van der Waals surface area contributed by atoms with Crippen LogP contribution in [0.15, 0.2) is 12.2 Å². The second kappa shape index (κ2) is 14.3. The van der Waals surface area contributed by atoms with E-state index in [1.54, 1.807) is 6.92 Å². The monoisotopic (exact) mass is 339 g/mol. The molecule has 20 heavy (non-hydrogen) atoms. The summed E-state index contributed by atoms with van der Waals surface area (Å²) in [5.41, 5.74) is 5.38. The second-order valence-corrected chi connectivity index (χ2v) is 5.33. The minimum atomic E-state index is -4.47. The molecule has 0 aliphatic carbocycles. The molecule has 0 spiro atoms. The number of rotatable bonds is 7. The van der Waals surface area contributed by atoms with Crippen LogP contribution in [0.2, 0.25) is 0 Å². The minimum Gasteiger partial charge on any atom is -0.725 e. The first kappa shape index (κ1) is 25.3. The fourth-order valence-electron chi connectivity index (χ4n) is 0.470. The van der Waals surface area contributed by atoms with Crippen molar-refractivity contribution >= 4 is 28.4 Å². The Morgan fingerprint density at radius 2 is 2.05 bits per heavy atom. The molecule has 8 nitrogen and oxygen atoms in total. The van der Waals surface area contributed by atoms with E-state index in [0.29, 0.717) is 23.4 Å². The first-order valence-electron chi connectivity index (χ1n) is 5.11. The molecule has 0 aliphatic rings. The summed E-state index contributed by atoms with van der Waals surface area (Å²) in [7, 11) is -4.47. The van der Waals surface area contributed by atoms with E-state index >= 15 is 0 Å². The number of carbonyl (C=O) groups excluding carboxylic acids is 1. The van der Waals surface area contributed by atoms with E-state index < -0.39 is 22.5 Å². The van der Waals surface area contributed by atoms with Gasteiger partial charge in [0, 0.05) is 29.9 Å². The molecule has 11 heteroatoms. The Bertz CT molecular complexity index is 374. The SMILES string of the molecule is C=C(C)C(=O)OCC(O)CN.CCSOS(=O)(=O)[O-].[Na+]. The van der Waals surface area contributed by atoms with Gasteiger partial charge in [0.15, 0.2) is 0 Å². The van der Waals surface area contributed by atoms with Crippen molar-refractivity contribution in [1.29, 1.82) is 0 Å². The van der Waals surface area contributed by atoms with Crippen LogP contribution in [0.1, 0.15) is 13.8 Å². The van der Waals surface area contributed by atoms with Crippen LogP contribution in [-0.4, -0.2) is 49.1 Å². The third-order valence-corrected chi connectivity index (χ3v) is 2.56. The smallest absolute Gasteiger partial charge is 0.725 e. The molecule has 0 aromatic rings. The van der Waals surface area contributed by atoms with Gasteiger partial charge in [0.1, 0.15) is 12.7 Å². The summed E-state index contributed by atoms with van der Waals surface area (Å²) < 4.78 is 37.1. The number of carbonyl (C=O) groups is 1. The Morgan fingerprint density at radius 1 is 1.55 bits per heavy atom. The molecule has 0 saturated carbocycles. The van der Waals surface area contributed by atoms with Gasteiger partial charge in [0.05, 0.1) is 0 Å². The Kier molecular flexibility index (Phi) is 18.1. The van der Waals surface area contributed by atoms with Crippen LogP contribution in [0.5, 0.6) is 0 Å². The van der Waals surface area contributed by atoms with Gasteiger partial charge >= 0.3 is 35.5 Å². The maximum atomic E-state index is 10.7. The van der Waals surface area contributed by atoms with Crippen molar-refractivity contribution in [3.63, 3.8) is 0 Å². The molecule has 0 aliphatic heterocycles. The number of esters is 1. The molecule has 0 aromatic heterocycles. The minimum absolute atomic E-state index is 0. The fourth-order valence-corrected chi connectivity index (χ4v) is 1.33. The molecule has 0 bridgehead atoms. The molecule has 0 aromatic carbocycles. The van der Waals surface area contributed by atoms with Crippen LogP contribution in [0.25, 0.3) is 0 Å². The van der Waals surface area contributed by atoms with E-state index in [1.807, 2.05) is 0 Å². The standard InChI is InChI=1S/C7H13NO3.C2H6O4S2.Na/c1-5(2)7(10)11-4-6(9)3-8;1-2-7-6-8(3,4)5;/h6,9H,1,3-4,8H2,2H3;2H2,1H3,(H,3,4,5);/q;;+1/p-1. The van der Waals surface area contributed by atoms with Gasteiger partial charge in [0.2, 0.25) is 10.4 Å². The van der Waals surface area contributed by atoms with E-state index in [2.05, 4.69) is 14.9 Å². The largest absolute Gasteiger partial charge is 1.00 e. The zero-order valence-corrected chi connectivity index (χ0v) is 15.3. The van der Waals surface area contributed by atoms with Gasteiger partial charge in [-0.2, -0.15) is 0 Å². The predicted octanol–water partition coefficient (Wildman–Crippen LogP) is -3.44. The topological polar surface area (TPSA) is 139 Å². The van der Waals surface area contributed by atoms with E-state index in [-0.39, 0.29) is 42.7 Å². The van der Waals surface area contributed by atoms with Crippen molar-refractivity contribution in [2.45, 2.75) is 20.0 Å². The summed E-state index contributed by atoms with van der Waals surface area (Å²) in [4.78, 5) is 10.7. The molecule has 3 N–H and O–H groups in total. The summed E-state index contributed by atoms with van der Waals surface area (Å²) in [6.45, 7) is 6.61. The summed E-state index contributed by atoms with van der Waals surface area (Å²) in [5, 5.41) is 8.86. The summed E-state index contributed by atoms with van der Waals surface area (Å²) >= 11 is 0.615. The summed E-state index contributed by atoms with van der Waals surface area (Å²) in [5.74, 6) is -0.0564. The van der Waals surface area contributed by atoms with Gasteiger partial charge in [-0.25, -0.2) is 16.8 Å². The fraction of sp³-hybridized carbons (Fsp3) is 0.667. The summed E-state index contributed by atoms with van der Waals surface area (Å²) in [6.07, 6.45) is -0.779. The Balaban J connectivity index is -0.000000288. The Labute approximate surface area is 145 Å². The van der Waals surface area contributed by atoms with Crippen molar-refractivity contribution < 1.29 is 60.8 Å². The van der Waals surface area contributed by atoms with Crippen LogP contribution in [-0.2, 0) is 23.6 Å². The number of aliphatic hydroxyl groups is 1. The van der Waals surface area contributed by atoms with E-state index in [0.717, 1.165) is 0 Å². The van der Waals surface area contributed by atoms with Crippen LogP contribution < -0.4 is 35.3 Å². The van der Waals surface area contributed by atoms with Gasteiger partial charge in [-0.15, -0.1) is 0 Å². The second-order valence-electron chi connectivity index (χ2n) is 3.15. The molecule has 1 unspecified atom stereocenters. The molecule has 0 saturated heterocycles. The quantitative estimate of drug-likeness (QED) is 0.121. The van der Waals surface area contributed by atoms with Crippen molar-refractivity contribution in [2.75, 3.05) is 18.9 Å². The van der Waals surface area contributed by atoms with E-state index in [4.69, 9.17) is 10.8 Å². The maximum Gasteiger partial charge on any atom is 1.00 e. The predicted molar refractivity (Wildman–Crippen MR) is 69.7 cm³/mol. The first-order chi connectivity index (χ1) is 8.64. The molecule has 0 radical (unpaired) electrons. The van der Waals surface area contributed by atoms with Crippen LogP contribution >= 0.6 is 12.0 Å². The van der Waals surface area contributed by atoms with Crippen LogP contribution in [0.3, 0.4) is 0 Å². The average Bonchev–Trinajstić information content (AvgIpc) is 2.32. The maximum absolute atomic E-state index is 10.7. The average molecular weight is 339 g/mol. The number of aliphatic hydroxyl groups excluding tert-OH is 1. The molecule has 0 amide bonds. The van der Waals surface area contributed by atoms with Gasteiger partial charge in [-0.3, -0.25) is 0 Å². The molecule has 0 fully saturated rings. The number of nitrogens with two attached hydrogens (primary N) is 1. The number of ether oxygens (including phenoxy) is 1. The van der Waals surface area contributed by atoms with Crippen molar-refractivity contribution in [2.24, 2.45) is 5.73 Å². The number of hydrogen-bond acceptors (Lipinski definition) is 9. The van der Waals surface area contributed by atoms with Crippen LogP contribution in [0.4, 0.5) is 0 Å². The molecular formula is C9H18NNaO7S2. The van der Waals surface area contributed by atoms with Crippen molar-refractivity contribution in [3.8, 4) is 0 Å². The van der Waals surface area contributed by atoms with Gasteiger partial charge in [-0.05, 0) is 6.92 Å². The zero-order chi connectivity index (χ0) is 15.5. The van der Waals surface area contributed by atoms with Gasteiger partial charge < -0.3 is 20.1 Å². The summed E-state index contributed by atoms with van der Waals surface area (Å²) in [6, 6.07) is 0. The van der Waals surface area contributed by atoms with Gasteiger partial charge in [-0.1, -0.05) is 13.5 Å². The third-order valence-electron chi connectivity index (χ3n) is 1.28. The normalized spacial score (nSPS) is 11.4. The van der Waals surface area contributed by atoms with Crippen molar-refractivity contribution in [1.82, 2.24) is 0 Å². The van der Waals surface area contributed by atoms with Crippen molar-refractivity contribution in [3.05, 3.63) is 12.2 Å². The van der Waals surface area contributed by atoms with Gasteiger partial charge in [0.25, 0.3) is 0 Å². The van der Waals surface area contributed by atoms with E-state index in [9.17, 15) is 17.8 Å². The molecular weight excluding hydrogens is 321 g/mol. The zero-order valence-electron chi connectivity index (χ0n) is 11.7. The molecule has 114 valence electrons. The molecule has 0 rings (SSSR count).